The molecule has 0 aromatic heterocycles. The maximum absolute atomic E-state index is 9.55. The van der Waals surface area contributed by atoms with Gasteiger partial charge >= 0.3 is 0 Å². The molecule has 2 fully saturated rings. The first-order valence-electron chi connectivity index (χ1n) is 11.4. The Balaban J connectivity index is 0.000000196. The van der Waals surface area contributed by atoms with Crippen molar-refractivity contribution in [2.24, 2.45) is 0 Å². The van der Waals surface area contributed by atoms with Crippen molar-refractivity contribution in [1.29, 1.82) is 0 Å². The molecule has 5 nitrogen and oxygen atoms in total. The Morgan fingerprint density at radius 2 is 1.21 bits per heavy atom. The summed E-state index contributed by atoms with van der Waals surface area (Å²) >= 11 is 0. The topological polar surface area (TPSA) is 57.2 Å². The van der Waals surface area contributed by atoms with Crippen LogP contribution in [0.1, 0.15) is 76.0 Å². The molecule has 0 bridgehead atoms. The first-order chi connectivity index (χ1) is 15.9. The maximum Gasteiger partial charge on any atom is 0.163 e. The van der Waals surface area contributed by atoms with Gasteiger partial charge in [-0.1, -0.05) is 42.0 Å². The summed E-state index contributed by atoms with van der Waals surface area (Å²) in [4.78, 5) is 0. The van der Waals surface area contributed by atoms with Crippen LogP contribution in [0, 0.1) is 24.2 Å². The molecule has 0 radical (unpaired) electrons. The van der Waals surface area contributed by atoms with E-state index in [1.165, 1.54) is 0 Å². The fourth-order valence-corrected chi connectivity index (χ4v) is 3.50. The van der Waals surface area contributed by atoms with E-state index in [1.807, 2.05) is 76.2 Å². The third-order valence-corrected chi connectivity index (χ3v) is 5.26. The molecule has 0 unspecified atom stereocenters. The van der Waals surface area contributed by atoms with Gasteiger partial charge in [-0.15, -0.1) is 6.42 Å². The molecule has 180 valence electrons. The number of hydrogen-bond acceptors (Lipinski definition) is 5. The van der Waals surface area contributed by atoms with Crippen molar-refractivity contribution in [1.82, 2.24) is 0 Å². The highest BCUT2D eigenvalue weighted by Crippen LogP contribution is 2.33. The molecule has 2 aromatic rings. The Labute approximate surface area is 203 Å². The van der Waals surface area contributed by atoms with E-state index in [2.05, 4.69) is 17.8 Å². The van der Waals surface area contributed by atoms with Gasteiger partial charge in [0.05, 0.1) is 13.2 Å². The minimum atomic E-state index is -0.967. The molecule has 4 rings (SSSR count). The van der Waals surface area contributed by atoms with Crippen LogP contribution in [0.25, 0.3) is 0 Å². The molecule has 0 aliphatic carbocycles. The van der Waals surface area contributed by atoms with Crippen LogP contribution in [0.3, 0.4) is 0 Å². The first-order valence-corrected chi connectivity index (χ1v) is 11.4. The molecule has 0 spiro atoms. The number of aliphatic hydroxyl groups is 1. The van der Waals surface area contributed by atoms with Crippen molar-refractivity contribution in [3.8, 4) is 24.2 Å². The normalized spacial score (nSPS) is 22.6. The van der Waals surface area contributed by atoms with Gasteiger partial charge in [-0.2, -0.15) is 0 Å². The van der Waals surface area contributed by atoms with Crippen LogP contribution < -0.4 is 0 Å². The molecule has 0 saturated carbocycles. The molecule has 5 heteroatoms. The van der Waals surface area contributed by atoms with E-state index in [4.69, 9.17) is 25.4 Å². The highest BCUT2D eigenvalue weighted by molar-refractivity contribution is 5.38. The van der Waals surface area contributed by atoms with Gasteiger partial charge in [0.2, 0.25) is 0 Å². The van der Waals surface area contributed by atoms with Crippen LogP contribution in [0.5, 0.6) is 0 Å². The third kappa shape index (κ3) is 7.71. The Hall–Kier alpha value is -2.64. The molecule has 2 aliphatic heterocycles. The standard InChI is InChI=1S/C16H20O3.C13H14O2/c1-15(2,17)10-9-12-5-7-13(8-6-12)14-11-18-16(3,4)19-14;1-4-10-5-7-11(8-6-10)12-9-14-13(2,3)15-12/h5-8,14,17H,11H2,1-4H3;1,5-8,12H,9H2,2-3H3/t14-;12-/m11/s1. The maximum atomic E-state index is 9.55. The van der Waals surface area contributed by atoms with Gasteiger partial charge in [-0.3, -0.25) is 0 Å². The smallest absolute Gasteiger partial charge is 0.163 e. The number of rotatable bonds is 2. The lowest BCUT2D eigenvalue weighted by atomic mass is 10.1. The number of benzene rings is 2. The van der Waals surface area contributed by atoms with E-state index in [0.29, 0.717) is 13.2 Å². The molecule has 34 heavy (non-hydrogen) atoms. The molecule has 1 N–H and O–H groups in total. The summed E-state index contributed by atoms with van der Waals surface area (Å²) in [5.41, 5.74) is 2.99. The predicted molar refractivity (Wildman–Crippen MR) is 132 cm³/mol. The minimum absolute atomic E-state index is 0.0202. The van der Waals surface area contributed by atoms with Crippen molar-refractivity contribution >= 4 is 0 Å². The van der Waals surface area contributed by atoms with E-state index in [-0.39, 0.29) is 12.2 Å². The Morgan fingerprint density at radius 1 is 0.794 bits per heavy atom. The Morgan fingerprint density at radius 3 is 1.53 bits per heavy atom. The van der Waals surface area contributed by atoms with Gasteiger partial charge in [0.15, 0.2) is 11.6 Å². The van der Waals surface area contributed by atoms with Gasteiger partial charge in [-0.25, -0.2) is 0 Å². The summed E-state index contributed by atoms with van der Waals surface area (Å²) in [5.74, 6) is 7.34. The van der Waals surface area contributed by atoms with Crippen molar-refractivity contribution < 1.29 is 24.1 Å². The fourth-order valence-electron chi connectivity index (χ4n) is 3.50. The molecule has 0 amide bonds. The zero-order valence-corrected chi connectivity index (χ0v) is 20.8. The highest BCUT2D eigenvalue weighted by atomic mass is 16.7. The van der Waals surface area contributed by atoms with Crippen LogP contribution >= 0.6 is 0 Å². The predicted octanol–water partition coefficient (Wildman–Crippen LogP) is 5.12. The van der Waals surface area contributed by atoms with Crippen molar-refractivity contribution in [3.63, 3.8) is 0 Å². The SMILES string of the molecule is C#Cc1ccc([C@H]2COC(C)(C)O2)cc1.CC(C)(O)C#Cc1ccc([C@H]2COC(C)(C)O2)cc1. The monoisotopic (exact) mass is 462 g/mol. The number of hydrogen-bond donors (Lipinski definition) is 1. The zero-order chi connectivity index (χ0) is 25.0. The highest BCUT2D eigenvalue weighted by Gasteiger charge is 2.34. The van der Waals surface area contributed by atoms with Crippen LogP contribution in [0.4, 0.5) is 0 Å². The molecule has 2 saturated heterocycles. The lowest BCUT2D eigenvalue weighted by Crippen LogP contribution is -2.19. The summed E-state index contributed by atoms with van der Waals surface area (Å²) < 4.78 is 22.6. The molecular weight excluding hydrogens is 428 g/mol. The van der Waals surface area contributed by atoms with Gasteiger partial charge in [-0.05, 0) is 76.9 Å². The van der Waals surface area contributed by atoms with E-state index in [0.717, 1.165) is 22.3 Å². The van der Waals surface area contributed by atoms with E-state index >= 15 is 0 Å². The summed E-state index contributed by atoms with van der Waals surface area (Å²) in [6, 6.07) is 15.7. The van der Waals surface area contributed by atoms with Crippen LogP contribution in [-0.4, -0.2) is 35.5 Å². The molecule has 2 heterocycles. The number of ether oxygens (including phenoxy) is 4. The summed E-state index contributed by atoms with van der Waals surface area (Å²) in [6.45, 7) is 12.2. The third-order valence-electron chi connectivity index (χ3n) is 5.26. The van der Waals surface area contributed by atoms with Gasteiger partial charge in [0.25, 0.3) is 0 Å². The van der Waals surface area contributed by atoms with Crippen LogP contribution in [0.15, 0.2) is 48.5 Å². The van der Waals surface area contributed by atoms with Crippen LogP contribution in [0.2, 0.25) is 0 Å². The lowest BCUT2D eigenvalue weighted by Gasteiger charge is -2.17. The van der Waals surface area contributed by atoms with E-state index in [9.17, 15) is 5.11 Å². The minimum Gasteiger partial charge on any atom is -0.378 e. The summed E-state index contributed by atoms with van der Waals surface area (Å²) in [7, 11) is 0. The Kier molecular flexibility index (Phi) is 7.88. The second-order valence-electron chi connectivity index (χ2n) is 9.83. The fraction of sp³-hybridized carbons (Fsp3) is 0.448. The largest absolute Gasteiger partial charge is 0.378 e. The summed E-state index contributed by atoms with van der Waals surface area (Å²) in [6.07, 6.45) is 5.29. The Bertz CT molecular complexity index is 1060. The molecular formula is C29H34O5. The van der Waals surface area contributed by atoms with Crippen molar-refractivity contribution in [2.45, 2.75) is 70.9 Å². The van der Waals surface area contributed by atoms with Crippen LogP contribution in [-0.2, 0) is 18.9 Å². The lowest BCUT2D eigenvalue weighted by molar-refractivity contribution is -0.139. The summed E-state index contributed by atoms with van der Waals surface area (Å²) in [5, 5.41) is 9.55. The molecule has 2 atom stereocenters. The second kappa shape index (κ2) is 10.3. The van der Waals surface area contributed by atoms with Crippen molar-refractivity contribution in [3.05, 3.63) is 70.8 Å². The quantitative estimate of drug-likeness (QED) is 0.628. The van der Waals surface area contributed by atoms with E-state index < -0.39 is 17.2 Å². The molecule has 2 aliphatic rings. The van der Waals surface area contributed by atoms with Gasteiger partial charge in [0, 0.05) is 11.1 Å². The molecule has 2 aromatic carbocycles. The van der Waals surface area contributed by atoms with E-state index in [1.54, 1.807) is 13.8 Å². The number of terminal acetylenes is 1. The average molecular weight is 463 g/mol. The van der Waals surface area contributed by atoms with Gasteiger partial charge in [0.1, 0.15) is 17.8 Å². The second-order valence-corrected chi connectivity index (χ2v) is 9.83. The zero-order valence-electron chi connectivity index (χ0n) is 20.8. The average Bonchev–Trinajstić information content (AvgIpc) is 3.33. The first kappa shape index (κ1) is 26.0. The van der Waals surface area contributed by atoms with Crippen molar-refractivity contribution in [2.75, 3.05) is 13.2 Å². The van der Waals surface area contributed by atoms with Gasteiger partial charge < -0.3 is 24.1 Å².